The largest absolute Gasteiger partial charge is 0.491 e. The molecule has 4 nitrogen and oxygen atoms in total. The third-order valence-corrected chi connectivity index (χ3v) is 3.06. The Morgan fingerprint density at radius 2 is 1.41 bits per heavy atom. The summed E-state index contributed by atoms with van der Waals surface area (Å²) in [5.41, 5.74) is 0.746. The third kappa shape index (κ3) is 4.27. The third-order valence-electron chi connectivity index (χ3n) is 3.06. The first-order valence-electron chi connectivity index (χ1n) is 7.17. The number of rotatable bonds is 8. The molecule has 0 aliphatic carbocycles. The molecule has 0 heterocycles. The number of ketones is 2. The van der Waals surface area contributed by atoms with Gasteiger partial charge in [-0.1, -0.05) is 30.3 Å². The van der Waals surface area contributed by atoms with E-state index in [9.17, 15) is 9.59 Å². The maximum atomic E-state index is 12.1. The summed E-state index contributed by atoms with van der Waals surface area (Å²) in [6, 6.07) is 15.1. The van der Waals surface area contributed by atoms with Crippen molar-refractivity contribution < 1.29 is 19.1 Å². The van der Waals surface area contributed by atoms with Crippen LogP contribution in [0, 0.1) is 0 Å². The topological polar surface area (TPSA) is 52.6 Å². The minimum absolute atomic E-state index is 0.353. The van der Waals surface area contributed by atoms with E-state index in [1.165, 1.54) is 0 Å². The Hall–Kier alpha value is -2.46. The maximum Gasteiger partial charge on any atom is 0.233 e. The van der Waals surface area contributed by atoms with Crippen LogP contribution in [0.2, 0.25) is 0 Å². The molecule has 0 saturated heterocycles. The highest BCUT2D eigenvalue weighted by Crippen LogP contribution is 2.14. The minimum atomic E-state index is -0.521. The lowest BCUT2D eigenvalue weighted by molar-refractivity contribution is 0.0817. The Labute approximate surface area is 129 Å². The van der Waals surface area contributed by atoms with E-state index in [4.69, 9.17) is 9.47 Å². The summed E-state index contributed by atoms with van der Waals surface area (Å²) in [4.78, 5) is 24.2. The minimum Gasteiger partial charge on any atom is -0.491 e. The molecule has 0 radical (unpaired) electrons. The molecule has 0 aliphatic rings. The van der Waals surface area contributed by atoms with Gasteiger partial charge in [0.05, 0.1) is 6.61 Å². The van der Waals surface area contributed by atoms with Gasteiger partial charge in [-0.3, -0.25) is 9.59 Å². The van der Waals surface area contributed by atoms with Gasteiger partial charge in [-0.25, -0.2) is 0 Å². The number of benzene rings is 2. The van der Waals surface area contributed by atoms with Crippen LogP contribution in [-0.4, -0.2) is 31.4 Å². The summed E-state index contributed by atoms with van der Waals surface area (Å²) in [5, 5.41) is 0. The molecule has 4 heteroatoms. The summed E-state index contributed by atoms with van der Waals surface area (Å²) in [5.74, 6) is -0.388. The molecule has 114 valence electrons. The standard InChI is InChI=1S/C18H18O4/c1-2-21-12-13-22-16-10-8-15(9-11-16)18(20)17(19)14-6-4-3-5-7-14/h3-11H,2,12-13H2,1H3. The Balaban J connectivity index is 1.98. The van der Waals surface area contributed by atoms with Crippen LogP contribution in [0.4, 0.5) is 0 Å². The van der Waals surface area contributed by atoms with Gasteiger partial charge in [0.1, 0.15) is 12.4 Å². The second kappa shape index (κ2) is 8.10. The monoisotopic (exact) mass is 298 g/mol. The van der Waals surface area contributed by atoms with E-state index in [0.717, 1.165) is 0 Å². The molecule has 22 heavy (non-hydrogen) atoms. The molecular weight excluding hydrogens is 280 g/mol. The van der Waals surface area contributed by atoms with Gasteiger partial charge in [0.25, 0.3) is 0 Å². The van der Waals surface area contributed by atoms with Crippen LogP contribution in [0.3, 0.4) is 0 Å². The molecule has 0 saturated carbocycles. The van der Waals surface area contributed by atoms with Gasteiger partial charge in [0, 0.05) is 17.7 Å². The second-order valence-corrected chi connectivity index (χ2v) is 4.59. The highest BCUT2D eigenvalue weighted by Gasteiger charge is 2.17. The zero-order valence-corrected chi connectivity index (χ0v) is 12.5. The quantitative estimate of drug-likeness (QED) is 0.427. The van der Waals surface area contributed by atoms with Crippen molar-refractivity contribution >= 4 is 11.6 Å². The molecule has 0 spiro atoms. The number of hydrogen-bond donors (Lipinski definition) is 0. The lowest BCUT2D eigenvalue weighted by Crippen LogP contribution is -2.14. The zero-order valence-electron chi connectivity index (χ0n) is 12.5. The van der Waals surface area contributed by atoms with Crippen LogP contribution in [0.25, 0.3) is 0 Å². The first kappa shape index (κ1) is 15.9. The van der Waals surface area contributed by atoms with E-state index in [1.807, 2.05) is 6.92 Å². The van der Waals surface area contributed by atoms with E-state index >= 15 is 0 Å². The summed E-state index contributed by atoms with van der Waals surface area (Å²) in [6.07, 6.45) is 0. The van der Waals surface area contributed by atoms with Crippen molar-refractivity contribution in [1.82, 2.24) is 0 Å². The first-order valence-corrected chi connectivity index (χ1v) is 7.17. The van der Waals surface area contributed by atoms with Crippen LogP contribution in [0.1, 0.15) is 27.6 Å². The van der Waals surface area contributed by atoms with Gasteiger partial charge in [-0.05, 0) is 31.2 Å². The highest BCUT2D eigenvalue weighted by atomic mass is 16.5. The van der Waals surface area contributed by atoms with Gasteiger partial charge in [0.2, 0.25) is 11.6 Å². The molecule has 0 atom stereocenters. The number of hydrogen-bond acceptors (Lipinski definition) is 4. The van der Waals surface area contributed by atoms with Crippen LogP contribution < -0.4 is 4.74 Å². The lowest BCUT2D eigenvalue weighted by atomic mass is 10.0. The van der Waals surface area contributed by atoms with Gasteiger partial charge in [-0.15, -0.1) is 0 Å². The maximum absolute atomic E-state index is 12.1. The Kier molecular flexibility index (Phi) is 5.86. The molecule has 0 amide bonds. The molecule has 0 N–H and O–H groups in total. The summed E-state index contributed by atoms with van der Waals surface area (Å²) >= 11 is 0. The average Bonchev–Trinajstić information content (AvgIpc) is 2.59. The van der Waals surface area contributed by atoms with Crippen molar-refractivity contribution in [3.63, 3.8) is 0 Å². The van der Waals surface area contributed by atoms with Crippen molar-refractivity contribution in [1.29, 1.82) is 0 Å². The first-order chi connectivity index (χ1) is 10.7. The van der Waals surface area contributed by atoms with E-state index in [2.05, 4.69) is 0 Å². The highest BCUT2D eigenvalue weighted by molar-refractivity contribution is 6.49. The fourth-order valence-electron chi connectivity index (χ4n) is 1.92. The van der Waals surface area contributed by atoms with Crippen molar-refractivity contribution in [2.75, 3.05) is 19.8 Å². The average molecular weight is 298 g/mol. The molecule has 0 aliphatic heterocycles. The van der Waals surface area contributed by atoms with Crippen molar-refractivity contribution in [2.24, 2.45) is 0 Å². The smallest absolute Gasteiger partial charge is 0.233 e. The number of Topliss-reactive ketones (excluding diaryl/α,β-unsaturated/α-hetero) is 2. The Morgan fingerprint density at radius 3 is 2.00 bits per heavy atom. The van der Waals surface area contributed by atoms with Crippen molar-refractivity contribution in [3.8, 4) is 5.75 Å². The SMILES string of the molecule is CCOCCOc1ccc(C(=O)C(=O)c2ccccc2)cc1. The molecule has 0 aromatic heterocycles. The van der Waals surface area contributed by atoms with E-state index in [1.54, 1.807) is 54.6 Å². The fraction of sp³-hybridized carbons (Fsp3) is 0.222. The van der Waals surface area contributed by atoms with E-state index < -0.39 is 11.6 Å². The normalized spacial score (nSPS) is 10.2. The lowest BCUT2D eigenvalue weighted by Gasteiger charge is -2.07. The van der Waals surface area contributed by atoms with Crippen LogP contribution in [-0.2, 0) is 4.74 Å². The molecule has 0 bridgehead atoms. The van der Waals surface area contributed by atoms with E-state index in [-0.39, 0.29) is 0 Å². The molecule has 0 fully saturated rings. The second-order valence-electron chi connectivity index (χ2n) is 4.59. The van der Waals surface area contributed by atoms with Crippen molar-refractivity contribution in [3.05, 3.63) is 65.7 Å². The number of ether oxygens (including phenoxy) is 2. The number of carbonyl (C=O) groups excluding carboxylic acids is 2. The van der Waals surface area contributed by atoms with Crippen LogP contribution in [0.5, 0.6) is 5.75 Å². The summed E-state index contributed by atoms with van der Waals surface area (Å²) in [6.45, 7) is 3.54. The predicted octanol–water partition coefficient (Wildman–Crippen LogP) is 3.17. The van der Waals surface area contributed by atoms with Gasteiger partial charge in [0.15, 0.2) is 0 Å². The molecule has 2 rings (SSSR count). The predicted molar refractivity (Wildman–Crippen MR) is 83.5 cm³/mol. The summed E-state index contributed by atoms with van der Waals surface area (Å²) < 4.78 is 10.6. The van der Waals surface area contributed by atoms with Crippen LogP contribution >= 0.6 is 0 Å². The van der Waals surface area contributed by atoms with Gasteiger partial charge in [-0.2, -0.15) is 0 Å². The van der Waals surface area contributed by atoms with Crippen LogP contribution in [0.15, 0.2) is 54.6 Å². The zero-order chi connectivity index (χ0) is 15.8. The Bertz CT molecular complexity index is 617. The Morgan fingerprint density at radius 1 is 0.818 bits per heavy atom. The fourth-order valence-corrected chi connectivity index (χ4v) is 1.92. The molecule has 2 aromatic carbocycles. The number of carbonyl (C=O) groups is 2. The molecule has 2 aromatic rings. The van der Waals surface area contributed by atoms with E-state index in [0.29, 0.717) is 36.7 Å². The van der Waals surface area contributed by atoms with Gasteiger partial charge >= 0.3 is 0 Å². The molecular formula is C18H18O4. The van der Waals surface area contributed by atoms with Gasteiger partial charge < -0.3 is 9.47 Å². The molecule has 0 unspecified atom stereocenters. The summed E-state index contributed by atoms with van der Waals surface area (Å²) in [7, 11) is 0. The van der Waals surface area contributed by atoms with Crippen molar-refractivity contribution in [2.45, 2.75) is 6.92 Å².